The molecule has 3 nitrogen and oxygen atoms in total. The summed E-state index contributed by atoms with van der Waals surface area (Å²) in [6.45, 7) is 2.77. The number of nitrogens with zero attached hydrogens (tertiary/aromatic N) is 1. The molecular formula is C14H20ClIN2O. The van der Waals surface area contributed by atoms with Crippen molar-refractivity contribution in [3.05, 3.63) is 33.4 Å². The molecular weight excluding hydrogens is 375 g/mol. The number of carbonyl (C=O) groups excluding carboxylic acids is 1. The average Bonchev–Trinajstić information content (AvgIpc) is 2.39. The molecule has 1 heterocycles. The fourth-order valence-corrected chi connectivity index (χ4v) is 3.05. The van der Waals surface area contributed by atoms with Gasteiger partial charge >= 0.3 is 0 Å². The van der Waals surface area contributed by atoms with E-state index >= 15 is 0 Å². The van der Waals surface area contributed by atoms with Gasteiger partial charge in [0, 0.05) is 22.2 Å². The molecule has 0 radical (unpaired) electrons. The van der Waals surface area contributed by atoms with Crippen LogP contribution < -0.4 is 5.32 Å². The highest BCUT2D eigenvalue weighted by atomic mass is 127. The van der Waals surface area contributed by atoms with E-state index in [1.807, 2.05) is 36.2 Å². The summed E-state index contributed by atoms with van der Waals surface area (Å²) in [5.41, 5.74) is 0.812. The van der Waals surface area contributed by atoms with Gasteiger partial charge in [-0.1, -0.05) is 6.07 Å². The van der Waals surface area contributed by atoms with Crippen molar-refractivity contribution < 1.29 is 4.79 Å². The summed E-state index contributed by atoms with van der Waals surface area (Å²) < 4.78 is 1.11. The van der Waals surface area contributed by atoms with Crippen molar-refractivity contribution in [2.75, 3.05) is 26.7 Å². The van der Waals surface area contributed by atoms with Gasteiger partial charge in [-0.25, -0.2) is 0 Å². The molecule has 1 saturated heterocycles. The number of halogens is 2. The summed E-state index contributed by atoms with van der Waals surface area (Å²) >= 11 is 2.25. The van der Waals surface area contributed by atoms with Crippen molar-refractivity contribution >= 4 is 40.9 Å². The van der Waals surface area contributed by atoms with Gasteiger partial charge < -0.3 is 10.2 Å². The minimum absolute atomic E-state index is 0. The number of amides is 1. The first-order valence-electron chi connectivity index (χ1n) is 6.40. The van der Waals surface area contributed by atoms with Crippen LogP contribution in [0.3, 0.4) is 0 Å². The minimum atomic E-state index is 0. The van der Waals surface area contributed by atoms with E-state index in [9.17, 15) is 4.79 Å². The zero-order valence-corrected chi connectivity index (χ0v) is 14.0. The predicted octanol–water partition coefficient (Wildman–Crippen LogP) is 2.78. The zero-order valence-electron chi connectivity index (χ0n) is 11.1. The maximum atomic E-state index is 12.4. The molecule has 1 aliphatic rings. The van der Waals surface area contributed by atoms with Crippen molar-refractivity contribution in [1.29, 1.82) is 0 Å². The highest BCUT2D eigenvalue weighted by Gasteiger charge is 2.23. The quantitative estimate of drug-likeness (QED) is 0.800. The topological polar surface area (TPSA) is 32.3 Å². The molecule has 1 amide bonds. The van der Waals surface area contributed by atoms with Gasteiger partial charge in [-0.3, -0.25) is 4.79 Å². The molecule has 2 rings (SSSR count). The SMILES string of the molecule is CNCC1CCCN(C(=O)c2cccc(I)c2)C1.Cl. The van der Waals surface area contributed by atoms with E-state index in [0.29, 0.717) is 5.92 Å². The first-order valence-corrected chi connectivity index (χ1v) is 7.48. The summed E-state index contributed by atoms with van der Waals surface area (Å²) in [5.74, 6) is 0.768. The number of benzene rings is 1. The van der Waals surface area contributed by atoms with Crippen LogP contribution in [0.15, 0.2) is 24.3 Å². The Balaban J connectivity index is 0.00000180. The second-order valence-corrected chi connectivity index (χ2v) is 6.07. The lowest BCUT2D eigenvalue weighted by Crippen LogP contribution is -2.42. The third-order valence-corrected chi connectivity index (χ3v) is 4.04. The van der Waals surface area contributed by atoms with E-state index in [1.165, 1.54) is 6.42 Å². The molecule has 0 aliphatic carbocycles. The summed E-state index contributed by atoms with van der Waals surface area (Å²) in [6, 6.07) is 7.83. The van der Waals surface area contributed by atoms with Gasteiger partial charge in [0.2, 0.25) is 0 Å². The van der Waals surface area contributed by atoms with E-state index in [-0.39, 0.29) is 18.3 Å². The Morgan fingerprint density at radius 1 is 1.53 bits per heavy atom. The predicted molar refractivity (Wildman–Crippen MR) is 89.0 cm³/mol. The molecule has 0 bridgehead atoms. The molecule has 1 aromatic carbocycles. The van der Waals surface area contributed by atoms with E-state index in [0.717, 1.165) is 35.2 Å². The van der Waals surface area contributed by atoms with E-state index in [2.05, 4.69) is 27.9 Å². The number of piperidine rings is 1. The fourth-order valence-electron chi connectivity index (χ4n) is 2.51. The normalized spacial score (nSPS) is 18.8. The van der Waals surface area contributed by atoms with E-state index in [4.69, 9.17) is 0 Å². The maximum Gasteiger partial charge on any atom is 0.253 e. The Morgan fingerprint density at radius 2 is 2.32 bits per heavy atom. The summed E-state index contributed by atoms with van der Waals surface area (Å²) in [6.07, 6.45) is 2.33. The van der Waals surface area contributed by atoms with Crippen molar-refractivity contribution in [2.24, 2.45) is 5.92 Å². The summed E-state index contributed by atoms with van der Waals surface area (Å²) in [7, 11) is 1.97. The Hall–Kier alpha value is -0.330. The molecule has 0 saturated carbocycles. The van der Waals surface area contributed by atoms with Crippen LogP contribution in [0.5, 0.6) is 0 Å². The lowest BCUT2D eigenvalue weighted by Gasteiger charge is -2.32. The first kappa shape index (κ1) is 16.7. The number of rotatable bonds is 3. The molecule has 19 heavy (non-hydrogen) atoms. The number of nitrogens with one attached hydrogen (secondary N) is 1. The molecule has 0 spiro atoms. The highest BCUT2D eigenvalue weighted by Crippen LogP contribution is 2.18. The molecule has 1 aromatic rings. The Kier molecular flexibility index (Phi) is 7.10. The molecule has 1 N–H and O–H groups in total. The Labute approximate surface area is 134 Å². The molecule has 1 unspecified atom stereocenters. The van der Waals surface area contributed by atoms with Crippen molar-refractivity contribution in [3.63, 3.8) is 0 Å². The van der Waals surface area contributed by atoms with Crippen LogP contribution in [0.4, 0.5) is 0 Å². The standard InChI is InChI=1S/C14H19IN2O.ClH/c1-16-9-11-4-3-7-17(10-11)14(18)12-5-2-6-13(15)8-12;/h2,5-6,8,11,16H,3-4,7,9-10H2,1H3;1H. The Bertz CT molecular complexity index is 426. The third-order valence-electron chi connectivity index (χ3n) is 3.37. The highest BCUT2D eigenvalue weighted by molar-refractivity contribution is 14.1. The molecule has 106 valence electrons. The van der Waals surface area contributed by atoms with Crippen molar-refractivity contribution in [2.45, 2.75) is 12.8 Å². The smallest absolute Gasteiger partial charge is 0.253 e. The van der Waals surface area contributed by atoms with Gasteiger partial charge in [0.15, 0.2) is 0 Å². The number of likely N-dealkylation sites (tertiary alicyclic amines) is 1. The summed E-state index contributed by atoms with van der Waals surface area (Å²) in [4.78, 5) is 14.4. The second-order valence-electron chi connectivity index (χ2n) is 4.83. The van der Waals surface area contributed by atoms with Gasteiger partial charge in [-0.2, -0.15) is 0 Å². The molecule has 1 aliphatic heterocycles. The van der Waals surface area contributed by atoms with E-state index < -0.39 is 0 Å². The lowest BCUT2D eigenvalue weighted by molar-refractivity contribution is 0.0674. The molecule has 5 heteroatoms. The van der Waals surface area contributed by atoms with Crippen LogP contribution in [0, 0.1) is 9.49 Å². The second kappa shape index (κ2) is 8.07. The third kappa shape index (κ3) is 4.61. The van der Waals surface area contributed by atoms with Gasteiger partial charge in [0.25, 0.3) is 5.91 Å². The van der Waals surface area contributed by atoms with Gasteiger partial charge in [-0.15, -0.1) is 12.4 Å². The maximum absolute atomic E-state index is 12.4. The van der Waals surface area contributed by atoms with Crippen LogP contribution in [0.2, 0.25) is 0 Å². The number of hydrogen-bond donors (Lipinski definition) is 1. The number of carbonyl (C=O) groups is 1. The summed E-state index contributed by atoms with van der Waals surface area (Å²) in [5, 5.41) is 3.21. The van der Waals surface area contributed by atoms with Crippen LogP contribution in [0.1, 0.15) is 23.2 Å². The van der Waals surface area contributed by atoms with E-state index in [1.54, 1.807) is 0 Å². The minimum Gasteiger partial charge on any atom is -0.338 e. The zero-order chi connectivity index (χ0) is 13.0. The van der Waals surface area contributed by atoms with Gasteiger partial charge in [0.05, 0.1) is 0 Å². The fraction of sp³-hybridized carbons (Fsp3) is 0.500. The van der Waals surface area contributed by atoms with Crippen molar-refractivity contribution in [3.8, 4) is 0 Å². The molecule has 1 fully saturated rings. The molecule has 0 aromatic heterocycles. The van der Waals surface area contributed by atoms with Crippen LogP contribution in [-0.2, 0) is 0 Å². The van der Waals surface area contributed by atoms with Gasteiger partial charge in [0.1, 0.15) is 0 Å². The number of hydrogen-bond acceptors (Lipinski definition) is 2. The van der Waals surface area contributed by atoms with Crippen LogP contribution in [0.25, 0.3) is 0 Å². The van der Waals surface area contributed by atoms with Crippen LogP contribution >= 0.6 is 35.0 Å². The van der Waals surface area contributed by atoms with Gasteiger partial charge in [-0.05, 0) is 73.1 Å². The van der Waals surface area contributed by atoms with Crippen molar-refractivity contribution in [1.82, 2.24) is 10.2 Å². The molecule has 1 atom stereocenters. The first-order chi connectivity index (χ1) is 8.70. The lowest BCUT2D eigenvalue weighted by atomic mass is 9.97. The monoisotopic (exact) mass is 394 g/mol. The largest absolute Gasteiger partial charge is 0.338 e. The van der Waals surface area contributed by atoms with Crippen LogP contribution in [-0.4, -0.2) is 37.5 Å². The average molecular weight is 395 g/mol. The Morgan fingerprint density at radius 3 is 3.00 bits per heavy atom.